The molecule has 1 heterocycles. The Bertz CT molecular complexity index is 1180. The number of halogens is 2. The van der Waals surface area contributed by atoms with Crippen LogP contribution in [-0.2, 0) is 11.3 Å². The zero-order valence-corrected chi connectivity index (χ0v) is 21.8. The predicted octanol–water partition coefficient (Wildman–Crippen LogP) is 5.77. The minimum absolute atomic E-state index is 0.0343. The molecule has 0 radical (unpaired) electrons. The fraction of sp³-hybridized carbons (Fsp3) is 0.333. The lowest BCUT2D eigenvalue weighted by molar-refractivity contribution is -0.113. The Morgan fingerprint density at radius 2 is 1.88 bits per heavy atom. The van der Waals surface area contributed by atoms with E-state index >= 15 is 0 Å². The first-order chi connectivity index (χ1) is 16.2. The van der Waals surface area contributed by atoms with Crippen LogP contribution in [0.5, 0.6) is 0 Å². The van der Waals surface area contributed by atoms with Gasteiger partial charge in [0.15, 0.2) is 11.0 Å². The Labute approximate surface area is 213 Å². The summed E-state index contributed by atoms with van der Waals surface area (Å²) in [6, 6.07) is 12.0. The molecule has 2 amide bonds. The molecule has 3 rings (SSSR count). The number of rotatable bonds is 9. The lowest BCUT2D eigenvalue weighted by atomic mass is 10.0. The number of hydrogen-bond donors (Lipinski definition) is 2. The number of nitrogens with zero attached hydrogens (tertiary/aromatic N) is 3. The number of carbonyl (C=O) groups is 2. The van der Waals surface area contributed by atoms with Gasteiger partial charge in [0.25, 0.3) is 5.91 Å². The first-order valence-electron chi connectivity index (χ1n) is 10.9. The molecule has 10 heteroatoms. The normalized spacial score (nSPS) is 12.0. The number of hydrogen-bond acceptors (Lipinski definition) is 5. The maximum absolute atomic E-state index is 12.9. The molecule has 0 aliphatic rings. The maximum atomic E-state index is 12.9. The van der Waals surface area contributed by atoms with Crippen LogP contribution in [0.1, 0.15) is 48.6 Å². The van der Waals surface area contributed by atoms with E-state index in [1.165, 1.54) is 17.8 Å². The molecule has 34 heavy (non-hydrogen) atoms. The van der Waals surface area contributed by atoms with E-state index in [-0.39, 0.29) is 28.5 Å². The molecule has 3 aromatic rings. The van der Waals surface area contributed by atoms with Crippen LogP contribution in [-0.4, -0.2) is 32.3 Å². The zero-order valence-electron chi connectivity index (χ0n) is 19.4. The number of aromatic nitrogens is 3. The van der Waals surface area contributed by atoms with Crippen LogP contribution in [0.3, 0.4) is 0 Å². The molecule has 0 saturated carbocycles. The molecule has 0 spiro atoms. The number of anilines is 1. The fourth-order valence-electron chi connectivity index (χ4n) is 3.41. The van der Waals surface area contributed by atoms with Crippen molar-refractivity contribution in [1.29, 1.82) is 0 Å². The van der Waals surface area contributed by atoms with Crippen molar-refractivity contribution in [3.63, 3.8) is 0 Å². The number of nitrogens with one attached hydrogen (secondary N) is 2. The third-order valence-corrected chi connectivity index (χ3v) is 6.62. The standard InChI is InChI=1S/C24H27Cl2N5O2S/c1-5-31-22(21(14(2)3)28-23(33)18-10-9-16(25)12-19(18)26)29-30-24(31)34-13-20(32)27-17-8-6-7-15(4)11-17/h6-12,14,21H,5,13H2,1-4H3,(H,27,32)(H,28,33)/t21-/m1/s1. The molecule has 2 aromatic carbocycles. The molecule has 7 nitrogen and oxygen atoms in total. The summed E-state index contributed by atoms with van der Waals surface area (Å²) < 4.78 is 1.92. The van der Waals surface area contributed by atoms with Gasteiger partial charge in [0.1, 0.15) is 0 Å². The van der Waals surface area contributed by atoms with Gasteiger partial charge in [0.2, 0.25) is 5.91 Å². The topological polar surface area (TPSA) is 88.9 Å². The average molecular weight is 520 g/mol. The van der Waals surface area contributed by atoms with Crippen molar-refractivity contribution in [1.82, 2.24) is 20.1 Å². The first kappa shape index (κ1) is 26.1. The van der Waals surface area contributed by atoms with E-state index in [4.69, 9.17) is 23.2 Å². The van der Waals surface area contributed by atoms with Gasteiger partial charge in [-0.25, -0.2) is 0 Å². The van der Waals surface area contributed by atoms with E-state index in [1.807, 2.05) is 56.5 Å². The molecule has 1 atom stereocenters. The lowest BCUT2D eigenvalue weighted by Gasteiger charge is -2.22. The summed E-state index contributed by atoms with van der Waals surface area (Å²) in [5.74, 6) is 0.390. The number of aryl methyl sites for hydroxylation is 1. The molecule has 0 unspecified atom stereocenters. The molecule has 0 aliphatic heterocycles. The second-order valence-corrected chi connectivity index (χ2v) is 9.90. The molecule has 0 bridgehead atoms. The summed E-state index contributed by atoms with van der Waals surface area (Å²) >= 11 is 13.5. The third-order valence-electron chi connectivity index (χ3n) is 5.10. The van der Waals surface area contributed by atoms with Crippen molar-refractivity contribution < 1.29 is 9.59 Å². The monoisotopic (exact) mass is 519 g/mol. The number of amides is 2. The van der Waals surface area contributed by atoms with Crippen LogP contribution >= 0.6 is 35.0 Å². The van der Waals surface area contributed by atoms with Crippen molar-refractivity contribution in [3.8, 4) is 0 Å². The number of carbonyl (C=O) groups excluding carboxylic acids is 2. The van der Waals surface area contributed by atoms with Crippen molar-refractivity contribution in [3.05, 3.63) is 69.5 Å². The summed E-state index contributed by atoms with van der Waals surface area (Å²) in [5.41, 5.74) is 2.16. The van der Waals surface area contributed by atoms with Crippen LogP contribution in [0.25, 0.3) is 0 Å². The molecule has 0 saturated heterocycles. The van der Waals surface area contributed by atoms with E-state index in [0.717, 1.165) is 11.3 Å². The Morgan fingerprint density at radius 1 is 1.12 bits per heavy atom. The molecular formula is C24H27Cl2N5O2S. The van der Waals surface area contributed by atoms with E-state index in [9.17, 15) is 9.59 Å². The van der Waals surface area contributed by atoms with Crippen molar-refractivity contribution in [2.24, 2.45) is 5.92 Å². The van der Waals surface area contributed by atoms with Gasteiger partial charge < -0.3 is 15.2 Å². The van der Waals surface area contributed by atoms with Crippen LogP contribution < -0.4 is 10.6 Å². The highest BCUT2D eigenvalue weighted by atomic mass is 35.5. The summed E-state index contributed by atoms with van der Waals surface area (Å²) in [4.78, 5) is 25.4. The smallest absolute Gasteiger partial charge is 0.253 e. The molecule has 2 N–H and O–H groups in total. The van der Waals surface area contributed by atoms with Gasteiger partial charge in [-0.05, 0) is 55.7 Å². The van der Waals surface area contributed by atoms with Crippen LogP contribution in [0.2, 0.25) is 10.0 Å². The minimum atomic E-state index is -0.401. The van der Waals surface area contributed by atoms with Gasteiger partial charge in [-0.1, -0.05) is 60.9 Å². The minimum Gasteiger partial charge on any atom is -0.342 e. The highest BCUT2D eigenvalue weighted by molar-refractivity contribution is 7.99. The zero-order chi connectivity index (χ0) is 24.8. The van der Waals surface area contributed by atoms with E-state index in [2.05, 4.69) is 20.8 Å². The number of benzene rings is 2. The van der Waals surface area contributed by atoms with Crippen molar-refractivity contribution in [2.45, 2.75) is 45.4 Å². The second-order valence-electron chi connectivity index (χ2n) is 8.11. The third kappa shape index (κ3) is 6.52. The van der Waals surface area contributed by atoms with Crippen molar-refractivity contribution in [2.75, 3.05) is 11.1 Å². The highest BCUT2D eigenvalue weighted by Gasteiger charge is 2.27. The van der Waals surface area contributed by atoms with Crippen molar-refractivity contribution >= 4 is 52.5 Å². The van der Waals surface area contributed by atoms with Gasteiger partial charge in [-0.3, -0.25) is 9.59 Å². The van der Waals surface area contributed by atoms with Gasteiger partial charge in [0.05, 0.1) is 22.4 Å². The maximum Gasteiger partial charge on any atom is 0.253 e. The van der Waals surface area contributed by atoms with E-state index in [1.54, 1.807) is 12.1 Å². The second kappa shape index (κ2) is 11.7. The van der Waals surface area contributed by atoms with Crippen LogP contribution in [0.4, 0.5) is 5.69 Å². The van der Waals surface area contributed by atoms with Gasteiger partial charge >= 0.3 is 0 Å². The summed E-state index contributed by atoms with van der Waals surface area (Å²) in [5, 5.41) is 15.9. The van der Waals surface area contributed by atoms with Gasteiger partial charge in [-0.2, -0.15) is 0 Å². The van der Waals surface area contributed by atoms with E-state index in [0.29, 0.717) is 28.1 Å². The molecule has 1 aromatic heterocycles. The molecular weight excluding hydrogens is 493 g/mol. The van der Waals surface area contributed by atoms with E-state index < -0.39 is 6.04 Å². The quantitative estimate of drug-likeness (QED) is 0.350. The van der Waals surface area contributed by atoms with Gasteiger partial charge in [0, 0.05) is 17.3 Å². The van der Waals surface area contributed by atoms with Crippen LogP contribution in [0.15, 0.2) is 47.6 Å². The largest absolute Gasteiger partial charge is 0.342 e. The first-order valence-corrected chi connectivity index (χ1v) is 12.6. The summed E-state index contributed by atoms with van der Waals surface area (Å²) in [6.45, 7) is 8.51. The Kier molecular flexibility index (Phi) is 8.99. The SMILES string of the molecule is CCn1c(SCC(=O)Nc2cccc(C)c2)nnc1[C@H](NC(=O)c1ccc(Cl)cc1Cl)C(C)C. The van der Waals surface area contributed by atoms with Gasteiger partial charge in [-0.15, -0.1) is 10.2 Å². The Balaban J connectivity index is 1.73. The average Bonchev–Trinajstić information content (AvgIpc) is 3.18. The molecule has 0 aliphatic carbocycles. The molecule has 180 valence electrons. The lowest BCUT2D eigenvalue weighted by Crippen LogP contribution is -2.34. The Hall–Kier alpha value is -2.55. The predicted molar refractivity (Wildman–Crippen MR) is 138 cm³/mol. The summed E-state index contributed by atoms with van der Waals surface area (Å²) in [6.07, 6.45) is 0. The molecule has 0 fully saturated rings. The Morgan fingerprint density at radius 3 is 2.53 bits per heavy atom. The number of thioether (sulfide) groups is 1. The van der Waals surface area contributed by atoms with Crippen LogP contribution in [0, 0.1) is 12.8 Å². The highest BCUT2D eigenvalue weighted by Crippen LogP contribution is 2.27. The summed E-state index contributed by atoms with van der Waals surface area (Å²) in [7, 11) is 0. The fourth-order valence-corrected chi connectivity index (χ4v) is 4.71.